The van der Waals surface area contributed by atoms with Crippen LogP contribution in [0.4, 0.5) is 17.1 Å². The van der Waals surface area contributed by atoms with Gasteiger partial charge in [-0.15, -0.1) is 0 Å². The molecule has 0 atom stereocenters. The predicted molar refractivity (Wildman–Crippen MR) is 147 cm³/mol. The summed E-state index contributed by atoms with van der Waals surface area (Å²) < 4.78 is 6.90. The molecule has 9 nitrogen and oxygen atoms in total. The summed E-state index contributed by atoms with van der Waals surface area (Å²) in [5.41, 5.74) is 2.69. The molecule has 0 radical (unpaired) electrons. The van der Waals surface area contributed by atoms with Crippen LogP contribution in [0.3, 0.4) is 0 Å². The minimum absolute atomic E-state index is 0.162. The van der Waals surface area contributed by atoms with E-state index < -0.39 is 10.8 Å². The van der Waals surface area contributed by atoms with Crippen LogP contribution in [0.25, 0.3) is 6.08 Å². The van der Waals surface area contributed by atoms with Crippen molar-refractivity contribution in [2.24, 2.45) is 0 Å². The zero-order chi connectivity index (χ0) is 27.1. The maximum absolute atomic E-state index is 12.7. The molecule has 11 heteroatoms. The Labute approximate surface area is 229 Å². The first-order valence-electron chi connectivity index (χ1n) is 10.7. The van der Waals surface area contributed by atoms with E-state index in [1.807, 2.05) is 32.0 Å². The number of aryl methyl sites for hydroxylation is 1. The van der Waals surface area contributed by atoms with Crippen LogP contribution in [-0.2, 0) is 9.59 Å². The predicted octanol–water partition coefficient (Wildman–Crippen LogP) is 6.30. The molecule has 37 heavy (non-hydrogen) atoms. The second-order valence-corrected chi connectivity index (χ2v) is 9.59. The van der Waals surface area contributed by atoms with Crippen LogP contribution in [0, 0.1) is 35.3 Å². The second-order valence-electron chi connectivity index (χ2n) is 7.82. The van der Waals surface area contributed by atoms with E-state index in [4.69, 9.17) is 4.74 Å². The summed E-state index contributed by atoms with van der Waals surface area (Å²) in [5, 5.41) is 25.9. The number of nitro groups is 1. The molecule has 0 spiro atoms. The van der Waals surface area contributed by atoms with Gasteiger partial charge in [0.05, 0.1) is 9.40 Å². The van der Waals surface area contributed by atoms with E-state index in [1.165, 1.54) is 30.3 Å². The summed E-state index contributed by atoms with van der Waals surface area (Å²) >= 11 is 6.77. The maximum atomic E-state index is 12.7. The molecular weight excluding hydrogens is 608 g/mol. The summed E-state index contributed by atoms with van der Waals surface area (Å²) in [6.07, 6.45) is 1.31. The highest BCUT2D eigenvalue weighted by atomic mass is 79.9. The first-order valence-corrected chi connectivity index (χ1v) is 12.3. The Morgan fingerprint density at radius 3 is 2.54 bits per heavy atom. The molecular formula is C26H20Br2N4O5. The normalized spacial score (nSPS) is 10.8. The lowest BCUT2D eigenvalue weighted by molar-refractivity contribution is -0.384. The molecule has 3 rings (SSSR count). The van der Waals surface area contributed by atoms with Crippen LogP contribution in [0.5, 0.6) is 5.75 Å². The monoisotopic (exact) mass is 626 g/mol. The zero-order valence-electron chi connectivity index (χ0n) is 19.7. The number of carbonyl (C=O) groups excluding carboxylic acids is 2. The Balaban J connectivity index is 1.82. The number of benzene rings is 3. The number of non-ortho nitro benzene ring substituents is 1. The number of anilines is 2. The van der Waals surface area contributed by atoms with Crippen LogP contribution in [0.2, 0.25) is 0 Å². The van der Waals surface area contributed by atoms with E-state index in [1.54, 1.807) is 18.2 Å². The molecule has 2 N–H and O–H groups in total. The van der Waals surface area contributed by atoms with Crippen LogP contribution in [-0.4, -0.2) is 23.3 Å². The fourth-order valence-corrected chi connectivity index (χ4v) is 4.62. The number of rotatable bonds is 8. The fraction of sp³-hybridized carbons (Fsp3) is 0.115. The number of halogens is 2. The standard InChI is InChI=1S/C26H20Br2N4O5/c1-15-5-3-8-23(16(15)2)31-24(33)14-37-25-17(10-19(27)11-22(25)28)9-18(13-29)26(34)30-20-6-4-7-21(12-20)32(35)36/h3-12H,14H2,1-2H3,(H,30,34)(H,31,33)/b18-9-. The van der Waals surface area contributed by atoms with Crippen molar-refractivity contribution in [2.45, 2.75) is 13.8 Å². The van der Waals surface area contributed by atoms with E-state index in [-0.39, 0.29) is 35.2 Å². The van der Waals surface area contributed by atoms with Gasteiger partial charge in [0.1, 0.15) is 17.4 Å². The Kier molecular flexibility index (Phi) is 9.16. The van der Waals surface area contributed by atoms with Crippen molar-refractivity contribution in [2.75, 3.05) is 17.2 Å². The number of hydrogen-bond acceptors (Lipinski definition) is 6. The van der Waals surface area contributed by atoms with Crippen LogP contribution >= 0.6 is 31.9 Å². The summed E-state index contributed by atoms with van der Waals surface area (Å²) in [7, 11) is 0. The second kappa shape index (κ2) is 12.3. The SMILES string of the molecule is Cc1cccc(NC(=O)COc2c(Br)cc(Br)cc2/C=C(/C#N)C(=O)Nc2cccc([N+](=O)[O-])c2)c1C. The third-order valence-electron chi connectivity index (χ3n) is 5.24. The van der Waals surface area contributed by atoms with Gasteiger partial charge in [0.2, 0.25) is 0 Å². The van der Waals surface area contributed by atoms with Crippen molar-refractivity contribution in [3.63, 3.8) is 0 Å². The Bertz CT molecular complexity index is 1460. The molecule has 0 bridgehead atoms. The molecule has 0 unspecified atom stereocenters. The van der Waals surface area contributed by atoms with Gasteiger partial charge in [0, 0.05) is 33.5 Å². The van der Waals surface area contributed by atoms with Gasteiger partial charge in [-0.25, -0.2) is 0 Å². The summed E-state index contributed by atoms with van der Waals surface area (Å²) in [6, 6.07) is 16.1. The Morgan fingerprint density at radius 1 is 1.11 bits per heavy atom. The van der Waals surface area contributed by atoms with E-state index in [0.29, 0.717) is 20.2 Å². The fourth-order valence-electron chi connectivity index (χ4n) is 3.25. The minimum atomic E-state index is -0.766. The average molecular weight is 628 g/mol. The van der Waals surface area contributed by atoms with Crippen molar-refractivity contribution in [1.29, 1.82) is 5.26 Å². The number of nitrogens with zero attached hydrogens (tertiary/aromatic N) is 2. The van der Waals surface area contributed by atoms with Gasteiger partial charge >= 0.3 is 0 Å². The quantitative estimate of drug-likeness (QED) is 0.130. The minimum Gasteiger partial charge on any atom is -0.482 e. The molecule has 0 aliphatic rings. The Morgan fingerprint density at radius 2 is 1.84 bits per heavy atom. The number of nitriles is 1. The molecule has 2 amide bonds. The topological polar surface area (TPSA) is 134 Å². The molecule has 0 saturated carbocycles. The highest BCUT2D eigenvalue weighted by Crippen LogP contribution is 2.34. The van der Waals surface area contributed by atoms with Gasteiger partial charge in [-0.05, 0) is 71.2 Å². The molecule has 0 saturated heterocycles. The third-order valence-corrected chi connectivity index (χ3v) is 6.29. The van der Waals surface area contributed by atoms with E-state index in [2.05, 4.69) is 42.5 Å². The smallest absolute Gasteiger partial charge is 0.271 e. The van der Waals surface area contributed by atoms with Gasteiger partial charge in [-0.1, -0.05) is 34.1 Å². The lowest BCUT2D eigenvalue weighted by Crippen LogP contribution is -2.21. The largest absolute Gasteiger partial charge is 0.482 e. The molecule has 0 aliphatic carbocycles. The zero-order valence-corrected chi connectivity index (χ0v) is 22.8. The maximum Gasteiger partial charge on any atom is 0.271 e. The number of amides is 2. The van der Waals surface area contributed by atoms with Crippen LogP contribution in [0.1, 0.15) is 16.7 Å². The molecule has 0 aliphatic heterocycles. The Hall–Kier alpha value is -4.01. The first-order chi connectivity index (χ1) is 17.6. The highest BCUT2D eigenvalue weighted by Gasteiger charge is 2.17. The van der Waals surface area contributed by atoms with Crippen LogP contribution < -0.4 is 15.4 Å². The van der Waals surface area contributed by atoms with E-state index in [0.717, 1.165) is 11.1 Å². The lowest BCUT2D eigenvalue weighted by atomic mass is 10.1. The lowest BCUT2D eigenvalue weighted by Gasteiger charge is -2.14. The molecule has 0 fully saturated rings. The van der Waals surface area contributed by atoms with Gasteiger partial charge in [0.25, 0.3) is 17.5 Å². The highest BCUT2D eigenvalue weighted by molar-refractivity contribution is 9.11. The molecule has 0 aromatic heterocycles. The van der Waals surface area contributed by atoms with Gasteiger partial charge in [-0.2, -0.15) is 5.26 Å². The first kappa shape index (κ1) is 27.6. The van der Waals surface area contributed by atoms with Crippen LogP contribution in [0.15, 0.2) is 69.1 Å². The summed E-state index contributed by atoms with van der Waals surface area (Å²) in [4.78, 5) is 35.7. The number of carbonyl (C=O) groups is 2. The van der Waals surface area contributed by atoms with Gasteiger partial charge in [0.15, 0.2) is 6.61 Å². The van der Waals surface area contributed by atoms with Gasteiger partial charge < -0.3 is 15.4 Å². The number of nitro benzene ring substituents is 1. The van der Waals surface area contributed by atoms with Crippen molar-refractivity contribution in [3.05, 3.63) is 95.9 Å². The van der Waals surface area contributed by atoms with E-state index >= 15 is 0 Å². The molecule has 3 aromatic rings. The summed E-state index contributed by atoms with van der Waals surface area (Å²) in [5.74, 6) is -0.907. The average Bonchev–Trinajstić information content (AvgIpc) is 2.84. The van der Waals surface area contributed by atoms with Crippen molar-refractivity contribution < 1.29 is 19.2 Å². The number of ether oxygens (including phenoxy) is 1. The van der Waals surface area contributed by atoms with E-state index in [9.17, 15) is 25.0 Å². The summed E-state index contributed by atoms with van der Waals surface area (Å²) in [6.45, 7) is 3.53. The molecule has 3 aromatic carbocycles. The molecule has 0 heterocycles. The number of hydrogen-bond donors (Lipinski definition) is 2. The van der Waals surface area contributed by atoms with Crippen molar-refractivity contribution in [3.8, 4) is 11.8 Å². The molecule has 188 valence electrons. The third kappa shape index (κ3) is 7.25. The van der Waals surface area contributed by atoms with Gasteiger partial charge in [-0.3, -0.25) is 19.7 Å². The van der Waals surface area contributed by atoms with Crippen molar-refractivity contribution in [1.82, 2.24) is 0 Å². The number of nitrogens with one attached hydrogen (secondary N) is 2. The van der Waals surface area contributed by atoms with Crippen molar-refractivity contribution >= 4 is 66.8 Å².